The summed E-state index contributed by atoms with van der Waals surface area (Å²) >= 11 is 0. The summed E-state index contributed by atoms with van der Waals surface area (Å²) < 4.78 is 1.39. The van der Waals surface area contributed by atoms with Crippen molar-refractivity contribution < 1.29 is 14.7 Å². The van der Waals surface area contributed by atoms with Crippen LogP contribution in [0, 0.1) is 18.3 Å². The molecule has 0 aliphatic rings. The number of hydrogen-bond donors (Lipinski definition) is 3. The van der Waals surface area contributed by atoms with Gasteiger partial charge in [0.2, 0.25) is 0 Å². The molecule has 1 atom stereocenters. The monoisotopic (exact) mass is 461 g/mol. The Kier molecular flexibility index (Phi) is 7.08. The number of amides is 2. The fourth-order valence-electron chi connectivity index (χ4n) is 3.10. The molecule has 3 N–H and O–H groups in total. The Bertz CT molecular complexity index is 1270. The average Bonchev–Trinajstić information content (AvgIpc) is 3.27. The molecule has 2 aromatic heterocycles. The standard InChI is InChI=1S/C24H27N7O3/c1-14(32)11-27-23(34)20-13-31(30-29-20)21-9-19(12-26-15(21)2)28-22(33)17-6-16(10-25)7-18(8-17)24(3,4)5/h6-9,12-14,32H,11H2,1-5H3,(H,27,34)(H,28,33). The number of nitrogens with one attached hydrogen (secondary N) is 2. The van der Waals surface area contributed by atoms with E-state index in [4.69, 9.17) is 0 Å². The summed E-state index contributed by atoms with van der Waals surface area (Å²) in [5.41, 5.74) is 3.06. The number of rotatable bonds is 6. The Hall–Kier alpha value is -4.10. The predicted octanol–water partition coefficient (Wildman–Crippen LogP) is 2.50. The van der Waals surface area contributed by atoms with Crippen LogP contribution in [0.3, 0.4) is 0 Å². The largest absolute Gasteiger partial charge is 0.392 e. The zero-order valence-electron chi connectivity index (χ0n) is 19.7. The third-order valence-corrected chi connectivity index (χ3v) is 5.04. The van der Waals surface area contributed by atoms with E-state index >= 15 is 0 Å². The molecule has 0 aliphatic carbocycles. The van der Waals surface area contributed by atoms with E-state index in [0.717, 1.165) is 5.56 Å². The number of aryl methyl sites for hydroxylation is 1. The summed E-state index contributed by atoms with van der Waals surface area (Å²) in [5.74, 6) is -0.842. The first kappa shape index (κ1) is 24.5. The van der Waals surface area contributed by atoms with Crippen molar-refractivity contribution in [2.75, 3.05) is 11.9 Å². The molecule has 176 valence electrons. The van der Waals surface area contributed by atoms with Crippen LogP contribution in [0.25, 0.3) is 5.69 Å². The normalized spacial score (nSPS) is 12.0. The average molecular weight is 462 g/mol. The fourth-order valence-corrected chi connectivity index (χ4v) is 3.10. The van der Waals surface area contributed by atoms with Gasteiger partial charge in [-0.15, -0.1) is 5.10 Å². The van der Waals surface area contributed by atoms with Crippen molar-refractivity contribution in [2.24, 2.45) is 0 Å². The number of carbonyl (C=O) groups is 2. The molecule has 1 aromatic carbocycles. The molecular formula is C24H27N7O3. The Morgan fingerprint density at radius 3 is 2.59 bits per heavy atom. The molecule has 3 aromatic rings. The van der Waals surface area contributed by atoms with Crippen molar-refractivity contribution in [3.63, 3.8) is 0 Å². The van der Waals surface area contributed by atoms with Gasteiger partial charge in [0.1, 0.15) is 0 Å². The van der Waals surface area contributed by atoms with E-state index in [0.29, 0.717) is 28.2 Å². The second kappa shape index (κ2) is 9.80. The molecule has 0 fully saturated rings. The van der Waals surface area contributed by atoms with Gasteiger partial charge in [0.05, 0.1) is 47.2 Å². The summed E-state index contributed by atoms with van der Waals surface area (Å²) in [7, 11) is 0. The maximum absolute atomic E-state index is 13.0. The Morgan fingerprint density at radius 1 is 1.21 bits per heavy atom. The first-order valence-electron chi connectivity index (χ1n) is 10.7. The van der Waals surface area contributed by atoms with Gasteiger partial charge in [0, 0.05) is 12.1 Å². The molecule has 0 bridgehead atoms. The molecule has 2 amide bonds. The zero-order valence-corrected chi connectivity index (χ0v) is 19.7. The third-order valence-electron chi connectivity index (χ3n) is 5.04. The summed E-state index contributed by atoms with van der Waals surface area (Å²) in [6.07, 6.45) is 2.28. The molecule has 10 heteroatoms. The van der Waals surface area contributed by atoms with Crippen molar-refractivity contribution in [1.82, 2.24) is 25.3 Å². The molecule has 0 saturated carbocycles. The van der Waals surface area contributed by atoms with Crippen molar-refractivity contribution in [2.45, 2.75) is 46.1 Å². The van der Waals surface area contributed by atoms with Crippen LogP contribution in [0.5, 0.6) is 0 Å². The SMILES string of the molecule is Cc1ncc(NC(=O)c2cc(C#N)cc(C(C)(C)C)c2)cc1-n1cc(C(=O)NCC(C)O)nn1. The van der Waals surface area contributed by atoms with Gasteiger partial charge in [-0.1, -0.05) is 26.0 Å². The maximum Gasteiger partial charge on any atom is 0.273 e. The quantitative estimate of drug-likeness (QED) is 0.511. The maximum atomic E-state index is 13.0. The highest BCUT2D eigenvalue weighted by atomic mass is 16.3. The van der Waals surface area contributed by atoms with Crippen LogP contribution < -0.4 is 10.6 Å². The summed E-state index contributed by atoms with van der Waals surface area (Å²) in [4.78, 5) is 29.4. The molecule has 3 rings (SSSR count). The molecule has 1 unspecified atom stereocenters. The van der Waals surface area contributed by atoms with Gasteiger partial charge in [0.25, 0.3) is 11.8 Å². The van der Waals surface area contributed by atoms with Crippen LogP contribution in [0.4, 0.5) is 5.69 Å². The lowest BCUT2D eigenvalue weighted by molar-refractivity contribution is 0.0918. The predicted molar refractivity (Wildman–Crippen MR) is 126 cm³/mol. The number of benzene rings is 1. The number of nitrogens with zero attached hydrogens (tertiary/aromatic N) is 5. The number of aromatic nitrogens is 4. The lowest BCUT2D eigenvalue weighted by Gasteiger charge is -2.20. The van der Waals surface area contributed by atoms with Gasteiger partial charge < -0.3 is 15.7 Å². The molecule has 34 heavy (non-hydrogen) atoms. The van der Waals surface area contributed by atoms with Crippen molar-refractivity contribution >= 4 is 17.5 Å². The lowest BCUT2D eigenvalue weighted by atomic mass is 9.85. The van der Waals surface area contributed by atoms with E-state index < -0.39 is 12.0 Å². The van der Waals surface area contributed by atoms with Crippen LogP contribution in [0.2, 0.25) is 0 Å². The van der Waals surface area contributed by atoms with Gasteiger partial charge >= 0.3 is 0 Å². The van der Waals surface area contributed by atoms with Crippen molar-refractivity contribution in [3.05, 3.63) is 64.7 Å². The van der Waals surface area contributed by atoms with E-state index in [2.05, 4.69) is 32.0 Å². The zero-order chi connectivity index (χ0) is 25.0. The summed E-state index contributed by atoms with van der Waals surface area (Å²) in [5, 5.41) is 31.9. The molecule has 10 nitrogen and oxygen atoms in total. The Morgan fingerprint density at radius 2 is 1.94 bits per heavy atom. The van der Waals surface area contributed by atoms with E-state index in [1.807, 2.05) is 20.8 Å². The Balaban J connectivity index is 1.85. The highest BCUT2D eigenvalue weighted by Crippen LogP contribution is 2.25. The van der Waals surface area contributed by atoms with Crippen LogP contribution in [-0.4, -0.2) is 49.5 Å². The third kappa shape index (κ3) is 5.82. The van der Waals surface area contributed by atoms with Crippen LogP contribution in [0.15, 0.2) is 36.7 Å². The summed E-state index contributed by atoms with van der Waals surface area (Å²) in [6.45, 7) is 9.46. The highest BCUT2D eigenvalue weighted by Gasteiger charge is 2.19. The van der Waals surface area contributed by atoms with E-state index in [9.17, 15) is 20.0 Å². The second-order valence-corrected chi connectivity index (χ2v) is 9.05. The first-order valence-corrected chi connectivity index (χ1v) is 10.7. The molecule has 0 spiro atoms. The number of carbonyl (C=O) groups excluding carboxylic acids is 2. The molecular weight excluding hydrogens is 434 g/mol. The highest BCUT2D eigenvalue weighted by molar-refractivity contribution is 6.04. The molecule has 2 heterocycles. The number of pyridine rings is 1. The Labute approximate surface area is 197 Å². The number of aliphatic hydroxyl groups excluding tert-OH is 1. The minimum atomic E-state index is -0.681. The number of anilines is 1. The van der Waals surface area contributed by atoms with Gasteiger partial charge in [-0.05, 0) is 49.1 Å². The van der Waals surface area contributed by atoms with Gasteiger partial charge in [-0.25, -0.2) is 4.68 Å². The van der Waals surface area contributed by atoms with Gasteiger partial charge in [-0.2, -0.15) is 5.26 Å². The second-order valence-electron chi connectivity index (χ2n) is 9.05. The van der Waals surface area contributed by atoms with Crippen LogP contribution >= 0.6 is 0 Å². The summed E-state index contributed by atoms with van der Waals surface area (Å²) in [6, 6.07) is 8.87. The molecule has 0 saturated heterocycles. The number of aliphatic hydroxyl groups is 1. The number of nitriles is 1. The van der Waals surface area contributed by atoms with Gasteiger partial charge in [0.15, 0.2) is 5.69 Å². The lowest BCUT2D eigenvalue weighted by Crippen LogP contribution is -2.30. The minimum Gasteiger partial charge on any atom is -0.392 e. The van der Waals surface area contributed by atoms with E-state index in [1.165, 1.54) is 17.1 Å². The molecule has 0 radical (unpaired) electrons. The fraction of sp³-hybridized carbons (Fsp3) is 0.333. The minimum absolute atomic E-state index is 0.0810. The van der Waals surface area contributed by atoms with E-state index in [1.54, 1.807) is 38.1 Å². The van der Waals surface area contributed by atoms with Crippen molar-refractivity contribution in [1.29, 1.82) is 5.26 Å². The topological polar surface area (TPSA) is 146 Å². The van der Waals surface area contributed by atoms with Crippen LogP contribution in [-0.2, 0) is 5.41 Å². The van der Waals surface area contributed by atoms with Crippen molar-refractivity contribution in [3.8, 4) is 11.8 Å². The van der Waals surface area contributed by atoms with E-state index in [-0.39, 0.29) is 23.6 Å². The number of hydrogen-bond acceptors (Lipinski definition) is 7. The first-order chi connectivity index (χ1) is 16.0. The smallest absolute Gasteiger partial charge is 0.273 e. The van der Waals surface area contributed by atoms with Gasteiger partial charge in [-0.3, -0.25) is 14.6 Å². The molecule has 0 aliphatic heterocycles. The van der Waals surface area contributed by atoms with Crippen LogP contribution in [0.1, 0.15) is 65.4 Å².